The van der Waals surface area contributed by atoms with Gasteiger partial charge in [0.2, 0.25) is 5.88 Å². The average Bonchev–Trinajstić information content (AvgIpc) is 2.87. The van der Waals surface area contributed by atoms with E-state index < -0.39 is 11.7 Å². The molecule has 1 aliphatic rings. The molecule has 0 bridgehead atoms. The fourth-order valence-electron chi connectivity index (χ4n) is 4.89. The van der Waals surface area contributed by atoms with E-state index in [0.717, 1.165) is 37.3 Å². The maximum absolute atomic E-state index is 13.5. The standard InChI is InChI=1S/C26H28F3N3O3/c1-15(32-25(33)18-8-9-23(35-3)31-14-18)16-4-6-17(7-5-16)20-10-11-30-24-21(20)12-19(26(27,28)29)13-22(24)34-2/h8-17H,4-7H2,1-3H3,(H,32,33). The topological polar surface area (TPSA) is 73.3 Å². The first-order chi connectivity index (χ1) is 16.7. The van der Waals surface area contributed by atoms with E-state index in [1.807, 2.05) is 13.0 Å². The Hall–Kier alpha value is -3.36. The van der Waals surface area contributed by atoms with Crippen LogP contribution in [0.25, 0.3) is 10.9 Å². The van der Waals surface area contributed by atoms with Crippen molar-refractivity contribution >= 4 is 16.8 Å². The number of carbonyl (C=O) groups excluding carboxylic acids is 1. The highest BCUT2D eigenvalue weighted by Gasteiger charge is 2.33. The Morgan fingerprint density at radius 2 is 1.80 bits per heavy atom. The molecule has 0 spiro atoms. The van der Waals surface area contributed by atoms with Gasteiger partial charge in [-0.3, -0.25) is 9.78 Å². The van der Waals surface area contributed by atoms with E-state index in [-0.39, 0.29) is 29.5 Å². The van der Waals surface area contributed by atoms with Crippen LogP contribution in [-0.2, 0) is 6.18 Å². The van der Waals surface area contributed by atoms with E-state index in [4.69, 9.17) is 9.47 Å². The SMILES string of the molecule is COc1ccc(C(=O)NC(C)C2CCC(c3ccnc4c(OC)cc(C(F)(F)F)cc34)CC2)cn1. The molecule has 0 radical (unpaired) electrons. The number of benzene rings is 1. The van der Waals surface area contributed by atoms with E-state index in [2.05, 4.69) is 15.3 Å². The lowest BCUT2D eigenvalue weighted by Crippen LogP contribution is -2.39. The molecular formula is C26H28F3N3O3. The number of hydrogen-bond acceptors (Lipinski definition) is 5. The highest BCUT2D eigenvalue weighted by Crippen LogP contribution is 2.42. The molecule has 1 aromatic carbocycles. The number of halogens is 3. The summed E-state index contributed by atoms with van der Waals surface area (Å²) < 4.78 is 50.7. The third-order valence-corrected chi connectivity index (χ3v) is 6.88. The molecule has 1 atom stereocenters. The number of nitrogens with one attached hydrogen (secondary N) is 1. The van der Waals surface area contributed by atoms with Crippen LogP contribution in [0.2, 0.25) is 0 Å². The van der Waals surface area contributed by atoms with E-state index in [9.17, 15) is 18.0 Å². The smallest absolute Gasteiger partial charge is 0.416 e. The minimum absolute atomic E-state index is 0.0448. The maximum Gasteiger partial charge on any atom is 0.416 e. The number of rotatable bonds is 6. The molecule has 1 N–H and O–H groups in total. The monoisotopic (exact) mass is 487 g/mol. The number of hydrogen-bond donors (Lipinski definition) is 1. The quantitative estimate of drug-likeness (QED) is 0.479. The fourth-order valence-corrected chi connectivity index (χ4v) is 4.89. The number of amides is 1. The molecule has 0 saturated heterocycles. The van der Waals surface area contributed by atoms with E-state index in [1.54, 1.807) is 18.3 Å². The average molecular weight is 488 g/mol. The number of alkyl halides is 3. The van der Waals surface area contributed by atoms with E-state index in [0.29, 0.717) is 22.3 Å². The summed E-state index contributed by atoms with van der Waals surface area (Å²) in [6, 6.07) is 7.26. The minimum Gasteiger partial charge on any atom is -0.494 e. The van der Waals surface area contributed by atoms with Crippen LogP contribution in [0.3, 0.4) is 0 Å². The summed E-state index contributed by atoms with van der Waals surface area (Å²) in [6.07, 6.45) is 1.97. The zero-order valence-electron chi connectivity index (χ0n) is 19.9. The molecule has 2 aromatic heterocycles. The Morgan fingerprint density at radius 3 is 2.40 bits per heavy atom. The molecule has 1 unspecified atom stereocenters. The minimum atomic E-state index is -4.47. The zero-order valence-corrected chi connectivity index (χ0v) is 19.9. The van der Waals surface area contributed by atoms with Crippen LogP contribution < -0.4 is 14.8 Å². The van der Waals surface area contributed by atoms with E-state index in [1.165, 1.54) is 26.5 Å². The summed E-state index contributed by atoms with van der Waals surface area (Å²) in [6.45, 7) is 1.99. The summed E-state index contributed by atoms with van der Waals surface area (Å²) >= 11 is 0. The molecule has 1 fully saturated rings. The number of nitrogens with zero attached hydrogens (tertiary/aromatic N) is 2. The number of methoxy groups -OCH3 is 2. The molecule has 1 saturated carbocycles. The summed E-state index contributed by atoms with van der Waals surface area (Å²) in [5.41, 5.74) is 1.02. The van der Waals surface area contributed by atoms with Gasteiger partial charge >= 0.3 is 6.18 Å². The van der Waals surface area contributed by atoms with Crippen molar-refractivity contribution in [1.82, 2.24) is 15.3 Å². The lowest BCUT2D eigenvalue weighted by molar-refractivity contribution is -0.137. The molecule has 4 rings (SSSR count). The molecule has 35 heavy (non-hydrogen) atoms. The van der Waals surface area contributed by atoms with Crippen LogP contribution in [0, 0.1) is 5.92 Å². The second-order valence-electron chi connectivity index (χ2n) is 8.94. The second kappa shape index (κ2) is 10.1. The zero-order chi connectivity index (χ0) is 25.2. The molecule has 2 heterocycles. The van der Waals surface area contributed by atoms with Crippen molar-refractivity contribution in [2.75, 3.05) is 14.2 Å². The number of ether oxygens (including phenoxy) is 2. The Morgan fingerprint density at radius 1 is 1.06 bits per heavy atom. The number of aromatic nitrogens is 2. The van der Waals surface area contributed by atoms with Crippen molar-refractivity contribution in [3.8, 4) is 11.6 Å². The molecule has 6 nitrogen and oxygen atoms in total. The Kier molecular flexibility index (Phi) is 7.14. The number of pyridine rings is 2. The molecule has 1 aliphatic carbocycles. The molecule has 1 amide bonds. The van der Waals surface area contributed by atoms with Crippen molar-refractivity contribution in [1.29, 1.82) is 0 Å². The predicted octanol–water partition coefficient (Wildman–Crippen LogP) is 5.76. The summed E-state index contributed by atoms with van der Waals surface area (Å²) in [7, 11) is 2.87. The highest BCUT2D eigenvalue weighted by molar-refractivity contribution is 5.94. The predicted molar refractivity (Wildman–Crippen MR) is 126 cm³/mol. The second-order valence-corrected chi connectivity index (χ2v) is 8.94. The number of carbonyl (C=O) groups is 1. The third kappa shape index (κ3) is 5.33. The van der Waals surface area contributed by atoms with Gasteiger partial charge in [-0.25, -0.2) is 4.98 Å². The van der Waals surface area contributed by atoms with Gasteiger partial charge in [-0.1, -0.05) is 0 Å². The molecular weight excluding hydrogens is 459 g/mol. The lowest BCUT2D eigenvalue weighted by atomic mass is 9.75. The maximum atomic E-state index is 13.5. The van der Waals surface area contributed by atoms with Crippen LogP contribution in [-0.4, -0.2) is 36.1 Å². The summed E-state index contributed by atoms with van der Waals surface area (Å²) in [4.78, 5) is 21.0. The Bertz CT molecular complexity index is 1190. The van der Waals surface area contributed by atoms with Crippen molar-refractivity contribution in [2.24, 2.45) is 5.92 Å². The largest absolute Gasteiger partial charge is 0.494 e. The van der Waals surface area contributed by atoms with Gasteiger partial charge in [0.05, 0.1) is 25.3 Å². The first-order valence-electron chi connectivity index (χ1n) is 11.6. The van der Waals surface area contributed by atoms with Gasteiger partial charge in [0.1, 0.15) is 11.3 Å². The van der Waals surface area contributed by atoms with Gasteiger partial charge < -0.3 is 14.8 Å². The Labute approximate surface area is 201 Å². The molecule has 9 heteroatoms. The third-order valence-electron chi connectivity index (χ3n) is 6.88. The lowest BCUT2D eigenvalue weighted by Gasteiger charge is -2.33. The first kappa shape index (κ1) is 24.8. The van der Waals surface area contributed by atoms with Crippen molar-refractivity contribution in [2.45, 2.75) is 50.7 Å². The van der Waals surface area contributed by atoms with Crippen molar-refractivity contribution < 1.29 is 27.4 Å². The van der Waals surface area contributed by atoms with Crippen molar-refractivity contribution in [3.63, 3.8) is 0 Å². The normalized spacial score (nSPS) is 19.3. The van der Waals surface area contributed by atoms with Crippen LogP contribution >= 0.6 is 0 Å². The molecule has 3 aromatic rings. The fraction of sp³-hybridized carbons (Fsp3) is 0.423. The van der Waals surface area contributed by atoms with Crippen LogP contribution in [0.5, 0.6) is 11.6 Å². The number of fused-ring (bicyclic) bond motifs is 1. The van der Waals surface area contributed by atoms with Gasteiger partial charge in [-0.2, -0.15) is 13.2 Å². The Balaban J connectivity index is 1.47. The van der Waals surface area contributed by atoms with Crippen LogP contribution in [0.1, 0.15) is 60.0 Å². The van der Waals surface area contributed by atoms with Gasteiger partial charge in [0, 0.05) is 29.9 Å². The summed E-state index contributed by atoms with van der Waals surface area (Å²) in [5.74, 6) is 0.751. The van der Waals surface area contributed by atoms with E-state index >= 15 is 0 Å². The molecule has 0 aliphatic heterocycles. The van der Waals surface area contributed by atoms with Crippen molar-refractivity contribution in [3.05, 3.63) is 59.4 Å². The molecule has 186 valence electrons. The van der Waals surface area contributed by atoms with Gasteiger partial charge in [0.15, 0.2) is 0 Å². The van der Waals surface area contributed by atoms with Crippen LogP contribution in [0.4, 0.5) is 13.2 Å². The van der Waals surface area contributed by atoms with Gasteiger partial charge in [0.25, 0.3) is 5.91 Å². The first-order valence-corrected chi connectivity index (χ1v) is 11.6. The van der Waals surface area contributed by atoms with Gasteiger partial charge in [-0.05, 0) is 74.3 Å². The van der Waals surface area contributed by atoms with Crippen LogP contribution in [0.15, 0.2) is 42.7 Å². The van der Waals surface area contributed by atoms with Gasteiger partial charge in [-0.15, -0.1) is 0 Å². The highest BCUT2D eigenvalue weighted by atomic mass is 19.4. The summed E-state index contributed by atoms with van der Waals surface area (Å²) in [5, 5.41) is 3.54.